The van der Waals surface area contributed by atoms with Gasteiger partial charge in [0.05, 0.1) is 18.2 Å². The molecule has 1 N–H and O–H groups in total. The standard InChI is InChI=1S/C21H21N3O3S/c1-11-10-15(12(2)28-11)18-16(13-6-8-14(27-5)9-7-13)17-19(22-18)23(3)21(26)24(4)20(17)25/h6-10,22H,1-5H3. The number of nitrogens with one attached hydrogen (secondary N) is 1. The van der Waals surface area contributed by atoms with Crippen LogP contribution in [0.1, 0.15) is 9.75 Å². The van der Waals surface area contributed by atoms with E-state index in [4.69, 9.17) is 4.74 Å². The summed E-state index contributed by atoms with van der Waals surface area (Å²) in [7, 11) is 4.80. The van der Waals surface area contributed by atoms with Crippen molar-refractivity contribution in [2.75, 3.05) is 7.11 Å². The van der Waals surface area contributed by atoms with Crippen molar-refractivity contribution in [3.05, 3.63) is 60.9 Å². The second-order valence-electron chi connectivity index (χ2n) is 6.86. The van der Waals surface area contributed by atoms with Gasteiger partial charge in [0.15, 0.2) is 0 Å². The topological polar surface area (TPSA) is 69.0 Å². The van der Waals surface area contributed by atoms with E-state index >= 15 is 0 Å². The number of thiophene rings is 1. The lowest BCUT2D eigenvalue weighted by molar-refractivity contribution is 0.415. The van der Waals surface area contributed by atoms with Gasteiger partial charge in [0.1, 0.15) is 11.4 Å². The fourth-order valence-corrected chi connectivity index (χ4v) is 4.58. The highest BCUT2D eigenvalue weighted by molar-refractivity contribution is 7.12. The van der Waals surface area contributed by atoms with Crippen molar-refractivity contribution in [2.24, 2.45) is 14.1 Å². The molecule has 0 fully saturated rings. The molecule has 144 valence electrons. The molecule has 0 unspecified atom stereocenters. The minimum absolute atomic E-state index is 0.309. The summed E-state index contributed by atoms with van der Waals surface area (Å²) in [5.74, 6) is 0.744. The number of rotatable bonds is 3. The molecule has 4 aromatic rings. The van der Waals surface area contributed by atoms with Gasteiger partial charge in [-0.05, 0) is 37.6 Å². The molecule has 7 heteroatoms. The summed E-state index contributed by atoms with van der Waals surface area (Å²) >= 11 is 1.71. The largest absolute Gasteiger partial charge is 0.497 e. The Labute approximate surface area is 165 Å². The molecular weight excluding hydrogens is 374 g/mol. The van der Waals surface area contributed by atoms with Crippen LogP contribution in [0.5, 0.6) is 5.75 Å². The number of hydrogen-bond donors (Lipinski definition) is 1. The number of ether oxygens (including phenoxy) is 1. The summed E-state index contributed by atoms with van der Waals surface area (Å²) in [4.78, 5) is 31.2. The van der Waals surface area contributed by atoms with Gasteiger partial charge in [-0.3, -0.25) is 13.9 Å². The zero-order valence-corrected chi connectivity index (χ0v) is 17.2. The van der Waals surface area contributed by atoms with Crippen molar-refractivity contribution in [1.29, 1.82) is 0 Å². The zero-order valence-electron chi connectivity index (χ0n) is 16.4. The molecule has 0 spiro atoms. The van der Waals surface area contributed by atoms with Crippen LogP contribution in [0.4, 0.5) is 0 Å². The Kier molecular flexibility index (Phi) is 4.27. The van der Waals surface area contributed by atoms with Gasteiger partial charge >= 0.3 is 5.69 Å². The summed E-state index contributed by atoms with van der Waals surface area (Å²) in [6.45, 7) is 4.12. The van der Waals surface area contributed by atoms with Crippen LogP contribution in [0, 0.1) is 13.8 Å². The van der Waals surface area contributed by atoms with Crippen molar-refractivity contribution >= 4 is 22.4 Å². The predicted molar refractivity (Wildman–Crippen MR) is 114 cm³/mol. The molecule has 4 rings (SSSR count). The highest BCUT2D eigenvalue weighted by atomic mass is 32.1. The maximum absolute atomic E-state index is 13.1. The van der Waals surface area contributed by atoms with Crippen molar-refractivity contribution in [3.63, 3.8) is 0 Å². The van der Waals surface area contributed by atoms with Crippen LogP contribution in [-0.2, 0) is 14.1 Å². The summed E-state index contributed by atoms with van der Waals surface area (Å²) in [5, 5.41) is 0.507. The molecule has 0 amide bonds. The number of aryl methyl sites for hydroxylation is 3. The predicted octanol–water partition coefficient (Wildman–Crippen LogP) is 3.59. The summed E-state index contributed by atoms with van der Waals surface area (Å²) in [5.41, 5.74) is 3.44. The number of benzene rings is 1. The van der Waals surface area contributed by atoms with E-state index in [1.54, 1.807) is 25.5 Å². The first-order valence-corrected chi connectivity index (χ1v) is 9.68. The second kappa shape index (κ2) is 6.53. The van der Waals surface area contributed by atoms with E-state index in [2.05, 4.69) is 24.9 Å². The molecule has 0 radical (unpaired) electrons. The van der Waals surface area contributed by atoms with Gasteiger partial charge in [0, 0.05) is 35.0 Å². The highest BCUT2D eigenvalue weighted by Gasteiger charge is 2.23. The lowest BCUT2D eigenvalue weighted by atomic mass is 9.99. The van der Waals surface area contributed by atoms with Crippen LogP contribution < -0.4 is 16.0 Å². The minimum Gasteiger partial charge on any atom is -0.497 e. The van der Waals surface area contributed by atoms with Crippen LogP contribution in [0.25, 0.3) is 33.4 Å². The van der Waals surface area contributed by atoms with E-state index in [1.807, 2.05) is 24.3 Å². The number of fused-ring (bicyclic) bond motifs is 1. The van der Waals surface area contributed by atoms with Crippen LogP contribution in [0.3, 0.4) is 0 Å². The van der Waals surface area contributed by atoms with E-state index in [0.717, 1.165) is 37.6 Å². The molecule has 0 atom stereocenters. The molecule has 0 aliphatic heterocycles. The van der Waals surface area contributed by atoms with Gasteiger partial charge in [-0.1, -0.05) is 12.1 Å². The first-order chi connectivity index (χ1) is 13.3. The normalized spacial score (nSPS) is 11.3. The maximum Gasteiger partial charge on any atom is 0.332 e. The number of nitrogens with zero attached hydrogens (tertiary/aromatic N) is 2. The molecule has 0 aliphatic rings. The van der Waals surface area contributed by atoms with Gasteiger partial charge in [0.2, 0.25) is 0 Å². The van der Waals surface area contributed by atoms with Crippen molar-refractivity contribution in [3.8, 4) is 28.1 Å². The number of aromatic amines is 1. The van der Waals surface area contributed by atoms with E-state index in [0.29, 0.717) is 11.0 Å². The maximum atomic E-state index is 13.1. The summed E-state index contributed by atoms with van der Waals surface area (Å²) in [6, 6.07) is 9.72. The smallest absolute Gasteiger partial charge is 0.332 e. The van der Waals surface area contributed by atoms with Gasteiger partial charge in [-0.15, -0.1) is 11.3 Å². The van der Waals surface area contributed by atoms with Crippen molar-refractivity contribution in [2.45, 2.75) is 13.8 Å². The Morgan fingerprint density at radius 2 is 1.71 bits per heavy atom. The minimum atomic E-state index is -0.357. The van der Waals surface area contributed by atoms with Gasteiger partial charge < -0.3 is 9.72 Å². The lowest BCUT2D eigenvalue weighted by Gasteiger charge is -2.07. The molecule has 0 aliphatic carbocycles. The van der Waals surface area contributed by atoms with Crippen LogP contribution >= 0.6 is 11.3 Å². The van der Waals surface area contributed by atoms with Crippen LogP contribution in [0.2, 0.25) is 0 Å². The monoisotopic (exact) mass is 395 g/mol. The van der Waals surface area contributed by atoms with Gasteiger partial charge in [-0.25, -0.2) is 4.79 Å². The molecule has 28 heavy (non-hydrogen) atoms. The van der Waals surface area contributed by atoms with Crippen LogP contribution in [0.15, 0.2) is 39.9 Å². The third-order valence-corrected chi connectivity index (χ3v) is 6.06. The Bertz CT molecular complexity index is 1320. The second-order valence-corrected chi connectivity index (χ2v) is 8.32. The third kappa shape index (κ3) is 2.62. The highest BCUT2D eigenvalue weighted by Crippen LogP contribution is 2.40. The van der Waals surface area contributed by atoms with Crippen molar-refractivity contribution < 1.29 is 4.74 Å². The van der Waals surface area contributed by atoms with E-state index in [-0.39, 0.29) is 11.2 Å². The Morgan fingerprint density at radius 1 is 1.04 bits per heavy atom. The number of aromatic nitrogens is 3. The van der Waals surface area contributed by atoms with E-state index in [1.165, 1.54) is 16.5 Å². The molecule has 0 saturated carbocycles. The number of hydrogen-bond acceptors (Lipinski definition) is 4. The Balaban J connectivity index is 2.18. The molecule has 3 heterocycles. The fraction of sp³-hybridized carbons (Fsp3) is 0.238. The molecular formula is C21H21N3O3S. The Hall–Kier alpha value is -3.06. The van der Waals surface area contributed by atoms with E-state index in [9.17, 15) is 9.59 Å². The molecule has 0 bridgehead atoms. The van der Waals surface area contributed by atoms with E-state index < -0.39 is 0 Å². The van der Waals surface area contributed by atoms with Gasteiger partial charge in [-0.2, -0.15) is 0 Å². The SMILES string of the molecule is COc1ccc(-c2c(-c3cc(C)sc3C)[nH]c3c2c(=O)n(C)c(=O)n3C)cc1. The Morgan fingerprint density at radius 3 is 2.29 bits per heavy atom. The average Bonchev–Trinajstić information content (AvgIpc) is 3.24. The lowest BCUT2D eigenvalue weighted by Crippen LogP contribution is -2.36. The molecule has 0 saturated heterocycles. The average molecular weight is 395 g/mol. The van der Waals surface area contributed by atoms with Crippen molar-refractivity contribution in [1.82, 2.24) is 14.1 Å². The molecule has 6 nitrogen and oxygen atoms in total. The summed E-state index contributed by atoms with van der Waals surface area (Å²) in [6.07, 6.45) is 0. The third-order valence-electron chi connectivity index (χ3n) is 5.10. The fourth-order valence-electron chi connectivity index (χ4n) is 3.65. The number of H-pyrrole nitrogens is 1. The van der Waals surface area contributed by atoms with Gasteiger partial charge in [0.25, 0.3) is 5.56 Å². The summed E-state index contributed by atoms with van der Waals surface area (Å²) < 4.78 is 7.91. The molecule has 1 aromatic carbocycles. The van der Waals surface area contributed by atoms with Crippen LogP contribution in [-0.4, -0.2) is 21.2 Å². The quantitative estimate of drug-likeness (QED) is 0.576. The first kappa shape index (κ1) is 18.3. The number of methoxy groups -OCH3 is 1. The zero-order chi connectivity index (χ0) is 20.2. The molecule has 3 aromatic heterocycles. The first-order valence-electron chi connectivity index (χ1n) is 8.87.